The molecule has 0 aliphatic heterocycles. The van der Waals surface area contributed by atoms with E-state index in [1.54, 1.807) is 0 Å². The molecule has 50 heavy (non-hydrogen) atoms. The SMILES string of the molecule is c1cc(-c2ccc3ccc(-c4ccc5ccc(-c6ccc(-c7ccnc8c7ccc7cccnc78)cc6)cc5n4)cc3n2)c2ccncc2c1. The molecule has 0 fully saturated rings. The van der Waals surface area contributed by atoms with Crippen LogP contribution in [0.4, 0.5) is 0 Å². The molecule has 5 heterocycles. The second kappa shape index (κ2) is 11.4. The van der Waals surface area contributed by atoms with Crippen molar-refractivity contribution in [1.29, 1.82) is 0 Å². The third kappa shape index (κ3) is 4.75. The number of pyridine rings is 5. The van der Waals surface area contributed by atoms with Gasteiger partial charge < -0.3 is 0 Å². The number of rotatable bonds is 4. The van der Waals surface area contributed by atoms with Gasteiger partial charge >= 0.3 is 0 Å². The maximum atomic E-state index is 5.14. The van der Waals surface area contributed by atoms with E-state index >= 15 is 0 Å². The van der Waals surface area contributed by atoms with Gasteiger partial charge in [-0.15, -0.1) is 0 Å². The Morgan fingerprint density at radius 1 is 0.360 bits per heavy atom. The summed E-state index contributed by atoms with van der Waals surface area (Å²) in [5.74, 6) is 0. The Kier molecular flexibility index (Phi) is 6.42. The van der Waals surface area contributed by atoms with E-state index in [1.165, 1.54) is 0 Å². The molecule has 232 valence electrons. The molecule has 0 bridgehead atoms. The summed E-state index contributed by atoms with van der Waals surface area (Å²) in [6, 6.07) is 48.8. The van der Waals surface area contributed by atoms with E-state index in [0.29, 0.717) is 0 Å². The number of aromatic nitrogens is 5. The van der Waals surface area contributed by atoms with Gasteiger partial charge in [-0.1, -0.05) is 97.1 Å². The van der Waals surface area contributed by atoms with Gasteiger partial charge in [-0.25, -0.2) is 9.97 Å². The molecule has 0 N–H and O–H groups in total. The van der Waals surface area contributed by atoms with Gasteiger partial charge in [0.1, 0.15) is 0 Å². The zero-order valence-electron chi connectivity index (χ0n) is 26.8. The lowest BCUT2D eigenvalue weighted by Gasteiger charge is -2.10. The second-order valence-corrected chi connectivity index (χ2v) is 12.6. The molecule has 0 radical (unpaired) electrons. The quantitative estimate of drug-likeness (QED) is 0.180. The van der Waals surface area contributed by atoms with E-state index in [-0.39, 0.29) is 0 Å². The van der Waals surface area contributed by atoms with Gasteiger partial charge in [0.25, 0.3) is 0 Å². The molecule has 0 saturated carbocycles. The lowest BCUT2D eigenvalue weighted by Crippen LogP contribution is -1.90. The van der Waals surface area contributed by atoms with Crippen molar-refractivity contribution in [3.8, 4) is 44.8 Å². The van der Waals surface area contributed by atoms with Crippen LogP contribution in [-0.2, 0) is 0 Å². The molecule has 0 atom stereocenters. The van der Waals surface area contributed by atoms with Crippen molar-refractivity contribution in [1.82, 2.24) is 24.9 Å². The number of fused-ring (bicyclic) bond motifs is 6. The van der Waals surface area contributed by atoms with Gasteiger partial charge in [0.05, 0.1) is 33.5 Å². The summed E-state index contributed by atoms with van der Waals surface area (Å²) in [6.07, 6.45) is 7.43. The smallest absolute Gasteiger partial charge is 0.0970 e. The Labute approximate surface area is 287 Å². The fraction of sp³-hybridized carbons (Fsp3) is 0. The summed E-state index contributed by atoms with van der Waals surface area (Å²) in [4.78, 5) is 23.8. The maximum absolute atomic E-state index is 5.14. The number of benzene rings is 5. The maximum Gasteiger partial charge on any atom is 0.0970 e. The molecule has 10 rings (SSSR count). The minimum Gasteiger partial charge on any atom is -0.264 e. The molecule has 5 nitrogen and oxygen atoms in total. The van der Waals surface area contributed by atoms with Crippen molar-refractivity contribution in [3.05, 3.63) is 164 Å². The van der Waals surface area contributed by atoms with Crippen molar-refractivity contribution in [2.24, 2.45) is 0 Å². The summed E-state index contributed by atoms with van der Waals surface area (Å²) < 4.78 is 0. The highest BCUT2D eigenvalue weighted by atomic mass is 14.7. The average molecular weight is 638 g/mol. The van der Waals surface area contributed by atoms with Crippen LogP contribution in [0.15, 0.2) is 164 Å². The minimum absolute atomic E-state index is 0.918. The summed E-state index contributed by atoms with van der Waals surface area (Å²) >= 11 is 0. The fourth-order valence-electron chi connectivity index (χ4n) is 7.08. The molecule has 10 aromatic rings. The molecule has 5 heteroatoms. The van der Waals surface area contributed by atoms with Crippen LogP contribution in [0.5, 0.6) is 0 Å². The van der Waals surface area contributed by atoms with E-state index < -0.39 is 0 Å². The second-order valence-electron chi connectivity index (χ2n) is 12.6. The standard InChI is InChI=1S/C45H27N5/c1-3-35-27-46-23-20-37(35)38(5-1)41-19-16-31-11-13-34(26-43(31)50-41)40-18-15-30-10-12-33(25-42(30)49-40)28-6-8-29(9-7-28)36-21-24-48-45-39(36)17-14-32-4-2-22-47-44(32)45/h1-27H. The summed E-state index contributed by atoms with van der Waals surface area (Å²) in [5.41, 5.74) is 12.3. The summed E-state index contributed by atoms with van der Waals surface area (Å²) in [5, 5.41) is 6.63. The van der Waals surface area contributed by atoms with Gasteiger partial charge in [0.2, 0.25) is 0 Å². The highest BCUT2D eigenvalue weighted by Crippen LogP contribution is 2.34. The van der Waals surface area contributed by atoms with Gasteiger partial charge in [-0.3, -0.25) is 15.0 Å². The fourth-order valence-corrected chi connectivity index (χ4v) is 7.08. The Bertz CT molecular complexity index is 2930. The zero-order chi connectivity index (χ0) is 33.0. The van der Waals surface area contributed by atoms with Gasteiger partial charge in [0, 0.05) is 62.8 Å². The third-order valence-corrected chi connectivity index (χ3v) is 9.65. The van der Waals surface area contributed by atoms with Crippen LogP contribution in [0.25, 0.3) is 99.2 Å². The average Bonchev–Trinajstić information content (AvgIpc) is 3.19. The van der Waals surface area contributed by atoms with Gasteiger partial charge in [-0.2, -0.15) is 0 Å². The first-order valence-electron chi connectivity index (χ1n) is 16.6. The van der Waals surface area contributed by atoms with Crippen LogP contribution in [0.1, 0.15) is 0 Å². The third-order valence-electron chi connectivity index (χ3n) is 9.65. The molecule has 0 amide bonds. The number of hydrogen-bond acceptors (Lipinski definition) is 5. The molecular weight excluding hydrogens is 611 g/mol. The lowest BCUT2D eigenvalue weighted by atomic mass is 9.97. The Hall–Kier alpha value is -6.85. The first-order valence-corrected chi connectivity index (χ1v) is 16.6. The summed E-state index contributed by atoms with van der Waals surface area (Å²) in [7, 11) is 0. The van der Waals surface area contributed by atoms with Crippen molar-refractivity contribution in [2.45, 2.75) is 0 Å². The van der Waals surface area contributed by atoms with Crippen LogP contribution < -0.4 is 0 Å². The monoisotopic (exact) mass is 637 g/mol. The van der Waals surface area contributed by atoms with Crippen molar-refractivity contribution >= 4 is 54.4 Å². The first kappa shape index (κ1) is 28.2. The van der Waals surface area contributed by atoms with Crippen LogP contribution in [0, 0.1) is 0 Å². The molecule has 0 aliphatic rings. The Balaban J connectivity index is 0.987. The van der Waals surface area contributed by atoms with E-state index in [1.807, 2.05) is 30.9 Å². The first-order chi connectivity index (χ1) is 24.7. The van der Waals surface area contributed by atoms with Crippen LogP contribution in [0.3, 0.4) is 0 Å². The molecule has 0 aliphatic carbocycles. The molecule has 5 aromatic heterocycles. The number of hydrogen-bond donors (Lipinski definition) is 0. The Morgan fingerprint density at radius 2 is 1.04 bits per heavy atom. The minimum atomic E-state index is 0.918. The molecule has 0 spiro atoms. The van der Waals surface area contributed by atoms with E-state index in [0.717, 1.165) is 99.2 Å². The van der Waals surface area contributed by atoms with Crippen molar-refractivity contribution < 1.29 is 0 Å². The lowest BCUT2D eigenvalue weighted by molar-refractivity contribution is 1.36. The highest BCUT2D eigenvalue weighted by Gasteiger charge is 2.11. The molecule has 0 saturated heterocycles. The predicted molar refractivity (Wildman–Crippen MR) is 205 cm³/mol. The molecule has 0 unspecified atom stereocenters. The van der Waals surface area contributed by atoms with Crippen molar-refractivity contribution in [3.63, 3.8) is 0 Å². The largest absolute Gasteiger partial charge is 0.264 e. The summed E-state index contributed by atoms with van der Waals surface area (Å²) in [6.45, 7) is 0. The Morgan fingerprint density at radius 3 is 1.92 bits per heavy atom. The van der Waals surface area contributed by atoms with E-state index in [2.05, 4.69) is 148 Å². The van der Waals surface area contributed by atoms with Gasteiger partial charge in [-0.05, 0) is 70.1 Å². The van der Waals surface area contributed by atoms with Crippen LogP contribution in [0.2, 0.25) is 0 Å². The van der Waals surface area contributed by atoms with E-state index in [4.69, 9.17) is 9.97 Å². The normalized spacial score (nSPS) is 11.6. The predicted octanol–water partition coefficient (Wildman–Crippen LogP) is 11.1. The van der Waals surface area contributed by atoms with Crippen molar-refractivity contribution in [2.75, 3.05) is 0 Å². The highest BCUT2D eigenvalue weighted by molar-refractivity contribution is 6.08. The molecular formula is C45H27N5. The van der Waals surface area contributed by atoms with Crippen LogP contribution in [-0.4, -0.2) is 24.9 Å². The van der Waals surface area contributed by atoms with E-state index in [9.17, 15) is 0 Å². The number of nitrogens with zero attached hydrogens (tertiary/aromatic N) is 5. The topological polar surface area (TPSA) is 64.5 Å². The zero-order valence-corrected chi connectivity index (χ0v) is 26.8. The van der Waals surface area contributed by atoms with Gasteiger partial charge in [0.15, 0.2) is 0 Å². The molecule has 5 aromatic carbocycles. The van der Waals surface area contributed by atoms with Crippen LogP contribution >= 0.6 is 0 Å².